The standard InChI is InChI=1S/C74H144O17P2/c1-5-9-13-17-21-24-26-28-30-31-32-33-34-35-36-38-40-42-45-49-53-57-61-74(79)91-70(65-85-72(77)59-55-51-47-44-41-39-37-29-27-25-22-18-14-10-6-2)67-89-93(82,83)87-63-68(75)62-86-92(80,81)88-66-69(64-84-71(76)58-54-50-46-20-16-12-8-4)90-73(78)60-56-52-48-43-23-19-15-11-7-3/h68-70,75H,5-67H2,1-4H3,(H,80,81)(H,82,83)/t68-,69+,70+/m0/s1. The molecular weight excluding hydrogens is 1220 g/mol. The molecule has 5 atom stereocenters. The Morgan fingerprint density at radius 1 is 0.258 bits per heavy atom. The quantitative estimate of drug-likeness (QED) is 0.0222. The number of carbonyl (C=O) groups excluding carboxylic acids is 4. The van der Waals surface area contributed by atoms with E-state index in [9.17, 15) is 43.2 Å². The van der Waals surface area contributed by atoms with Gasteiger partial charge in [-0.05, 0) is 25.7 Å². The van der Waals surface area contributed by atoms with E-state index in [4.69, 9.17) is 37.0 Å². The normalized spacial score (nSPS) is 13.9. The van der Waals surface area contributed by atoms with Crippen LogP contribution >= 0.6 is 15.6 Å². The molecular formula is C74H144O17P2. The van der Waals surface area contributed by atoms with Crippen LogP contribution in [0.1, 0.15) is 394 Å². The molecule has 0 fully saturated rings. The van der Waals surface area contributed by atoms with Crippen LogP contribution in [0.25, 0.3) is 0 Å². The number of aliphatic hydroxyl groups excluding tert-OH is 1. The molecule has 0 amide bonds. The number of esters is 4. The van der Waals surface area contributed by atoms with Crippen molar-refractivity contribution in [2.24, 2.45) is 0 Å². The zero-order chi connectivity index (χ0) is 68.2. The molecule has 0 radical (unpaired) electrons. The second-order valence-corrected chi connectivity index (χ2v) is 29.6. The van der Waals surface area contributed by atoms with Crippen molar-refractivity contribution in [1.29, 1.82) is 0 Å². The molecule has 0 saturated heterocycles. The largest absolute Gasteiger partial charge is 0.472 e. The molecule has 0 heterocycles. The van der Waals surface area contributed by atoms with E-state index in [1.807, 2.05) is 0 Å². The van der Waals surface area contributed by atoms with Gasteiger partial charge in [0.1, 0.15) is 19.3 Å². The summed E-state index contributed by atoms with van der Waals surface area (Å²) in [5.74, 6) is -2.12. The van der Waals surface area contributed by atoms with Gasteiger partial charge in [-0.1, -0.05) is 342 Å². The van der Waals surface area contributed by atoms with Gasteiger partial charge in [-0.3, -0.25) is 37.3 Å². The summed E-state index contributed by atoms with van der Waals surface area (Å²) < 4.78 is 68.2. The minimum Gasteiger partial charge on any atom is -0.462 e. The monoisotopic (exact) mass is 1370 g/mol. The number of phosphoric ester groups is 2. The van der Waals surface area contributed by atoms with Gasteiger partial charge in [-0.25, -0.2) is 9.13 Å². The van der Waals surface area contributed by atoms with E-state index in [0.717, 1.165) is 103 Å². The van der Waals surface area contributed by atoms with Gasteiger partial charge in [-0.15, -0.1) is 0 Å². The number of carbonyl (C=O) groups is 4. The van der Waals surface area contributed by atoms with Gasteiger partial charge in [0, 0.05) is 25.7 Å². The van der Waals surface area contributed by atoms with Crippen molar-refractivity contribution in [3.05, 3.63) is 0 Å². The molecule has 0 saturated carbocycles. The van der Waals surface area contributed by atoms with Crippen LogP contribution in [0.4, 0.5) is 0 Å². The highest BCUT2D eigenvalue weighted by Gasteiger charge is 2.30. The highest BCUT2D eigenvalue weighted by Crippen LogP contribution is 2.45. The second kappa shape index (κ2) is 68.6. The molecule has 17 nitrogen and oxygen atoms in total. The molecule has 0 aromatic rings. The molecule has 0 rings (SSSR count). The summed E-state index contributed by atoms with van der Waals surface area (Å²) in [6.07, 6.45) is 58.6. The van der Waals surface area contributed by atoms with Crippen LogP contribution in [0.15, 0.2) is 0 Å². The molecule has 93 heavy (non-hydrogen) atoms. The molecule has 3 N–H and O–H groups in total. The maximum Gasteiger partial charge on any atom is 0.472 e. The molecule has 0 aromatic carbocycles. The first-order valence-electron chi connectivity index (χ1n) is 38.8. The van der Waals surface area contributed by atoms with E-state index in [2.05, 4.69) is 27.7 Å². The fourth-order valence-corrected chi connectivity index (χ4v) is 13.0. The first-order chi connectivity index (χ1) is 45.2. The predicted molar refractivity (Wildman–Crippen MR) is 377 cm³/mol. The number of hydrogen-bond donors (Lipinski definition) is 3. The summed E-state index contributed by atoms with van der Waals surface area (Å²) in [5, 5.41) is 10.6. The van der Waals surface area contributed by atoms with Crippen LogP contribution < -0.4 is 0 Å². The molecule has 0 spiro atoms. The van der Waals surface area contributed by atoms with Crippen LogP contribution in [0, 0.1) is 0 Å². The summed E-state index contributed by atoms with van der Waals surface area (Å²) in [4.78, 5) is 72.5. The van der Waals surface area contributed by atoms with Gasteiger partial charge in [0.25, 0.3) is 0 Å². The molecule has 552 valence electrons. The zero-order valence-corrected chi connectivity index (χ0v) is 62.0. The molecule has 19 heteroatoms. The lowest BCUT2D eigenvalue weighted by Gasteiger charge is -2.21. The minimum absolute atomic E-state index is 0.106. The predicted octanol–water partition coefficient (Wildman–Crippen LogP) is 21.8. The summed E-state index contributed by atoms with van der Waals surface area (Å²) >= 11 is 0. The lowest BCUT2D eigenvalue weighted by Crippen LogP contribution is -2.30. The summed E-state index contributed by atoms with van der Waals surface area (Å²) in [6, 6.07) is 0. The third-order valence-electron chi connectivity index (χ3n) is 17.4. The Bertz CT molecular complexity index is 1770. The average Bonchev–Trinajstić information content (AvgIpc) is 3.75. The van der Waals surface area contributed by atoms with Gasteiger partial charge in [0.15, 0.2) is 12.2 Å². The van der Waals surface area contributed by atoms with Crippen molar-refractivity contribution in [2.75, 3.05) is 39.6 Å². The van der Waals surface area contributed by atoms with E-state index in [-0.39, 0.29) is 25.7 Å². The van der Waals surface area contributed by atoms with E-state index in [0.29, 0.717) is 25.7 Å². The van der Waals surface area contributed by atoms with Crippen molar-refractivity contribution in [3.63, 3.8) is 0 Å². The number of ether oxygens (including phenoxy) is 4. The van der Waals surface area contributed by atoms with Crippen molar-refractivity contribution in [1.82, 2.24) is 0 Å². The second-order valence-electron chi connectivity index (χ2n) is 26.7. The van der Waals surface area contributed by atoms with Gasteiger partial charge in [0.2, 0.25) is 0 Å². The van der Waals surface area contributed by atoms with Crippen LogP contribution in [0.3, 0.4) is 0 Å². The Balaban J connectivity index is 5.12. The van der Waals surface area contributed by atoms with E-state index in [1.54, 1.807) is 0 Å². The van der Waals surface area contributed by atoms with Crippen molar-refractivity contribution in [3.8, 4) is 0 Å². The third kappa shape index (κ3) is 68.4. The molecule has 0 aliphatic heterocycles. The van der Waals surface area contributed by atoms with Crippen LogP contribution in [0.2, 0.25) is 0 Å². The Morgan fingerprint density at radius 3 is 0.634 bits per heavy atom. The highest BCUT2D eigenvalue weighted by molar-refractivity contribution is 7.47. The summed E-state index contributed by atoms with van der Waals surface area (Å²) in [7, 11) is -9.89. The van der Waals surface area contributed by atoms with E-state index >= 15 is 0 Å². The molecule has 0 aliphatic rings. The SMILES string of the molecule is CCCCCCCCCCCCCCCCCCCCCCCCC(=O)O[C@H](COC(=O)CCCCCCCCCCCCCCCCC)COP(=O)(O)OC[C@@H](O)COP(=O)(O)OC[C@@H](COC(=O)CCCCCCCCC)OC(=O)CCCCCCCCCCC. The first kappa shape index (κ1) is 91.1. The van der Waals surface area contributed by atoms with E-state index in [1.165, 1.54) is 212 Å². The topological polar surface area (TPSA) is 237 Å². The van der Waals surface area contributed by atoms with E-state index < -0.39 is 97.5 Å². The highest BCUT2D eigenvalue weighted by atomic mass is 31.2. The number of hydrogen-bond acceptors (Lipinski definition) is 15. The lowest BCUT2D eigenvalue weighted by molar-refractivity contribution is -0.161. The Kier molecular flexibility index (Phi) is 67.1. The molecule has 2 unspecified atom stereocenters. The third-order valence-corrected chi connectivity index (χ3v) is 19.3. The maximum atomic E-state index is 13.1. The molecule has 0 aromatic heterocycles. The van der Waals surface area contributed by atoms with Gasteiger partial charge < -0.3 is 33.8 Å². The van der Waals surface area contributed by atoms with Crippen molar-refractivity contribution < 1.29 is 80.2 Å². The minimum atomic E-state index is -4.95. The lowest BCUT2D eigenvalue weighted by atomic mass is 10.0. The number of phosphoric acid groups is 2. The average molecular weight is 1370 g/mol. The van der Waals surface area contributed by atoms with Gasteiger partial charge in [-0.2, -0.15) is 0 Å². The Morgan fingerprint density at radius 2 is 0.430 bits per heavy atom. The van der Waals surface area contributed by atoms with Gasteiger partial charge >= 0.3 is 39.5 Å². The Labute approximate surface area is 568 Å². The first-order valence-corrected chi connectivity index (χ1v) is 41.8. The fourth-order valence-electron chi connectivity index (χ4n) is 11.4. The fraction of sp³-hybridized carbons (Fsp3) is 0.946. The summed E-state index contributed by atoms with van der Waals surface area (Å²) in [6.45, 7) is 4.91. The molecule has 0 aliphatic carbocycles. The Hall–Kier alpha value is -1.94. The number of unbranched alkanes of at least 4 members (excludes halogenated alkanes) is 49. The van der Waals surface area contributed by atoms with Gasteiger partial charge in [0.05, 0.1) is 26.4 Å². The summed E-state index contributed by atoms with van der Waals surface area (Å²) in [5.41, 5.74) is 0. The smallest absolute Gasteiger partial charge is 0.462 e. The zero-order valence-electron chi connectivity index (χ0n) is 60.2. The van der Waals surface area contributed by atoms with Crippen LogP contribution in [0.5, 0.6) is 0 Å². The maximum absolute atomic E-state index is 13.1. The van der Waals surface area contributed by atoms with Crippen LogP contribution in [-0.2, 0) is 65.4 Å². The van der Waals surface area contributed by atoms with Crippen LogP contribution in [-0.4, -0.2) is 96.7 Å². The van der Waals surface area contributed by atoms with Crippen molar-refractivity contribution >= 4 is 39.5 Å². The molecule has 0 bridgehead atoms. The number of aliphatic hydroxyl groups is 1. The number of rotatable bonds is 75. The van der Waals surface area contributed by atoms with Crippen molar-refractivity contribution in [2.45, 2.75) is 412 Å².